The molecule has 0 bridgehead atoms. The molecule has 0 unspecified atom stereocenters. The van der Waals surface area contributed by atoms with Crippen LogP contribution in [-0.2, 0) is 9.53 Å². The molecule has 5 heteroatoms. The van der Waals surface area contributed by atoms with Crippen LogP contribution in [0.3, 0.4) is 0 Å². The van der Waals surface area contributed by atoms with E-state index in [9.17, 15) is 4.79 Å². The number of ether oxygens (including phenoxy) is 1. The van der Waals surface area contributed by atoms with Crippen molar-refractivity contribution in [1.29, 1.82) is 0 Å². The van der Waals surface area contributed by atoms with E-state index in [1.54, 1.807) is 7.11 Å². The number of piperidine rings is 1. The van der Waals surface area contributed by atoms with Crippen LogP contribution in [0.1, 0.15) is 12.8 Å². The molecule has 1 aromatic carbocycles. The lowest BCUT2D eigenvalue weighted by Gasteiger charge is -2.35. The van der Waals surface area contributed by atoms with E-state index in [1.807, 2.05) is 24.3 Å². The van der Waals surface area contributed by atoms with Crippen molar-refractivity contribution in [3.8, 4) is 0 Å². The fraction of sp³-hybridized carbons (Fsp3) is 0.500. The molecule has 2 N–H and O–H groups in total. The minimum atomic E-state index is -0.402. The van der Waals surface area contributed by atoms with Gasteiger partial charge in [0.2, 0.25) is 5.91 Å². The Morgan fingerprint density at radius 2 is 2.21 bits per heavy atom. The highest BCUT2D eigenvalue weighted by molar-refractivity contribution is 14.1. The summed E-state index contributed by atoms with van der Waals surface area (Å²) in [6, 6.07) is 7.84. The van der Waals surface area contributed by atoms with Gasteiger partial charge in [-0.1, -0.05) is 6.07 Å². The Bertz CT molecular complexity index is 439. The number of rotatable bonds is 4. The number of methoxy groups -OCH3 is 1. The van der Waals surface area contributed by atoms with Crippen LogP contribution < -0.4 is 10.6 Å². The predicted molar refractivity (Wildman–Crippen MR) is 84.2 cm³/mol. The van der Waals surface area contributed by atoms with Crippen LogP contribution in [0.25, 0.3) is 0 Å². The van der Waals surface area contributed by atoms with Crippen molar-refractivity contribution in [3.63, 3.8) is 0 Å². The lowest BCUT2D eigenvalue weighted by Crippen LogP contribution is -2.47. The number of benzene rings is 1. The zero-order chi connectivity index (χ0) is 13.7. The molecule has 1 amide bonds. The molecule has 0 atom stereocenters. The summed E-state index contributed by atoms with van der Waals surface area (Å²) in [6.45, 7) is 2.21. The zero-order valence-corrected chi connectivity index (χ0v) is 13.2. The minimum absolute atomic E-state index is 0.0675. The van der Waals surface area contributed by atoms with Gasteiger partial charge in [-0.15, -0.1) is 0 Å². The second-order valence-electron chi connectivity index (χ2n) is 4.93. The molecule has 2 rings (SSSR count). The van der Waals surface area contributed by atoms with Crippen LogP contribution in [0.2, 0.25) is 0 Å². The summed E-state index contributed by atoms with van der Waals surface area (Å²) in [5.74, 6) is 0.0675. The van der Waals surface area contributed by atoms with Gasteiger partial charge in [0, 0.05) is 16.4 Å². The van der Waals surface area contributed by atoms with E-state index in [-0.39, 0.29) is 5.91 Å². The van der Waals surface area contributed by atoms with E-state index in [2.05, 4.69) is 33.2 Å². The van der Waals surface area contributed by atoms with Crippen LogP contribution in [0.15, 0.2) is 24.3 Å². The van der Waals surface area contributed by atoms with E-state index in [1.165, 1.54) is 0 Å². The van der Waals surface area contributed by atoms with E-state index in [4.69, 9.17) is 4.74 Å². The van der Waals surface area contributed by atoms with Crippen LogP contribution in [0.5, 0.6) is 0 Å². The Kier molecular flexibility index (Phi) is 5.18. The van der Waals surface area contributed by atoms with Crippen molar-refractivity contribution >= 4 is 34.2 Å². The summed E-state index contributed by atoms with van der Waals surface area (Å²) in [5, 5.41) is 6.32. The van der Waals surface area contributed by atoms with Gasteiger partial charge in [0.15, 0.2) is 0 Å². The maximum Gasteiger partial charge on any atom is 0.233 e. The first-order chi connectivity index (χ1) is 9.16. The molecule has 4 nitrogen and oxygen atoms in total. The summed E-state index contributed by atoms with van der Waals surface area (Å²) >= 11 is 2.24. The molecule has 1 aromatic rings. The lowest BCUT2D eigenvalue weighted by molar-refractivity contribution is -0.130. The Morgan fingerprint density at radius 3 is 2.84 bits per heavy atom. The molecular weight excluding hydrogens is 355 g/mol. The number of anilines is 1. The van der Waals surface area contributed by atoms with Gasteiger partial charge in [-0.3, -0.25) is 4.79 Å². The van der Waals surface area contributed by atoms with E-state index < -0.39 is 5.41 Å². The molecule has 0 saturated carbocycles. The van der Waals surface area contributed by atoms with Gasteiger partial charge in [0.25, 0.3) is 0 Å². The van der Waals surface area contributed by atoms with Crippen LogP contribution in [-0.4, -0.2) is 32.7 Å². The second-order valence-corrected chi connectivity index (χ2v) is 6.17. The number of hydrogen-bond acceptors (Lipinski definition) is 3. The molecular formula is C14H19IN2O2. The molecule has 0 aliphatic carbocycles. The summed E-state index contributed by atoms with van der Waals surface area (Å²) < 4.78 is 6.39. The molecule has 104 valence electrons. The van der Waals surface area contributed by atoms with Gasteiger partial charge in [-0.05, 0) is 66.7 Å². The van der Waals surface area contributed by atoms with Gasteiger partial charge >= 0.3 is 0 Å². The Labute approximate surface area is 127 Å². The van der Waals surface area contributed by atoms with Crippen LogP contribution in [0, 0.1) is 8.99 Å². The molecule has 1 aliphatic heterocycles. The molecule has 0 radical (unpaired) electrons. The Morgan fingerprint density at radius 1 is 1.47 bits per heavy atom. The highest BCUT2D eigenvalue weighted by Gasteiger charge is 2.39. The number of nitrogens with one attached hydrogen (secondary N) is 2. The topological polar surface area (TPSA) is 50.4 Å². The number of carbonyl (C=O) groups excluding carboxylic acids is 1. The number of amides is 1. The summed E-state index contributed by atoms with van der Waals surface area (Å²) in [5.41, 5.74) is 0.451. The van der Waals surface area contributed by atoms with Crippen molar-refractivity contribution in [2.45, 2.75) is 12.8 Å². The SMILES string of the molecule is COCC1(C(=O)Nc2cccc(I)c2)CCNCC1. The molecule has 0 spiro atoms. The van der Waals surface area contributed by atoms with Gasteiger partial charge in [0.05, 0.1) is 12.0 Å². The Balaban J connectivity index is 2.11. The van der Waals surface area contributed by atoms with Crippen molar-refractivity contribution < 1.29 is 9.53 Å². The highest BCUT2D eigenvalue weighted by Crippen LogP contribution is 2.31. The summed E-state index contributed by atoms with van der Waals surface area (Å²) in [6.07, 6.45) is 1.63. The maximum absolute atomic E-state index is 12.6. The van der Waals surface area contributed by atoms with Gasteiger partial charge in [-0.25, -0.2) is 0 Å². The smallest absolute Gasteiger partial charge is 0.233 e. The lowest BCUT2D eigenvalue weighted by atomic mass is 9.78. The molecule has 0 aromatic heterocycles. The van der Waals surface area contributed by atoms with Crippen LogP contribution in [0.4, 0.5) is 5.69 Å². The quantitative estimate of drug-likeness (QED) is 0.795. The minimum Gasteiger partial charge on any atom is -0.384 e. The number of halogens is 1. The average molecular weight is 374 g/mol. The van der Waals surface area contributed by atoms with Crippen molar-refractivity contribution in [2.24, 2.45) is 5.41 Å². The Hall–Kier alpha value is -0.660. The summed E-state index contributed by atoms with van der Waals surface area (Å²) in [7, 11) is 1.66. The molecule has 19 heavy (non-hydrogen) atoms. The zero-order valence-electron chi connectivity index (χ0n) is 11.0. The largest absolute Gasteiger partial charge is 0.384 e. The molecule has 1 aliphatic rings. The van der Waals surface area contributed by atoms with Gasteiger partial charge in [0.1, 0.15) is 0 Å². The fourth-order valence-electron chi connectivity index (χ4n) is 2.45. The maximum atomic E-state index is 12.6. The van der Waals surface area contributed by atoms with Crippen molar-refractivity contribution in [2.75, 3.05) is 32.1 Å². The highest BCUT2D eigenvalue weighted by atomic mass is 127. The average Bonchev–Trinajstić information content (AvgIpc) is 2.40. The van der Waals surface area contributed by atoms with E-state index in [0.29, 0.717) is 6.61 Å². The third kappa shape index (κ3) is 3.67. The van der Waals surface area contributed by atoms with E-state index in [0.717, 1.165) is 35.2 Å². The summed E-state index contributed by atoms with van der Waals surface area (Å²) in [4.78, 5) is 12.6. The third-order valence-electron chi connectivity index (χ3n) is 3.55. The molecule has 1 saturated heterocycles. The first-order valence-electron chi connectivity index (χ1n) is 6.43. The first kappa shape index (κ1) is 14.7. The standard InChI is InChI=1S/C14H19IN2O2/c1-19-10-14(5-7-16-8-6-14)13(18)17-12-4-2-3-11(15)9-12/h2-4,9,16H,5-8,10H2,1H3,(H,17,18). The molecule has 1 heterocycles. The third-order valence-corrected chi connectivity index (χ3v) is 4.22. The van der Waals surface area contributed by atoms with Gasteiger partial charge < -0.3 is 15.4 Å². The van der Waals surface area contributed by atoms with Crippen molar-refractivity contribution in [1.82, 2.24) is 5.32 Å². The number of hydrogen-bond donors (Lipinski definition) is 2. The monoisotopic (exact) mass is 374 g/mol. The normalized spacial score (nSPS) is 18.0. The fourth-order valence-corrected chi connectivity index (χ4v) is 2.99. The second kappa shape index (κ2) is 6.67. The van der Waals surface area contributed by atoms with Crippen LogP contribution >= 0.6 is 22.6 Å². The van der Waals surface area contributed by atoms with Crippen molar-refractivity contribution in [3.05, 3.63) is 27.8 Å². The van der Waals surface area contributed by atoms with E-state index >= 15 is 0 Å². The van der Waals surface area contributed by atoms with Gasteiger partial charge in [-0.2, -0.15) is 0 Å². The predicted octanol–water partition coefficient (Wildman–Crippen LogP) is 2.25. The number of carbonyl (C=O) groups is 1. The molecule has 1 fully saturated rings. The first-order valence-corrected chi connectivity index (χ1v) is 7.51.